The summed E-state index contributed by atoms with van der Waals surface area (Å²) in [7, 11) is 1.98. The van der Waals surface area contributed by atoms with Crippen LogP contribution in [0.1, 0.15) is 37.8 Å². The lowest BCUT2D eigenvalue weighted by Crippen LogP contribution is -2.46. The van der Waals surface area contributed by atoms with Crippen LogP contribution in [-0.2, 0) is 0 Å². The molecule has 1 aromatic rings. The first-order valence-corrected chi connectivity index (χ1v) is 7.78. The molecule has 1 N–H and O–H groups in total. The van der Waals surface area contributed by atoms with E-state index in [2.05, 4.69) is 33.1 Å². The quantitative estimate of drug-likeness (QED) is 0.906. The molecular weight excluding hydrogens is 307 g/mol. The molecule has 1 aliphatic heterocycles. The minimum Gasteiger partial charge on any atom is -0.318 e. The molecule has 0 radical (unpaired) electrons. The summed E-state index contributed by atoms with van der Waals surface area (Å²) >= 11 is 3.31. The third kappa shape index (κ3) is 3.56. The van der Waals surface area contributed by atoms with Gasteiger partial charge in [-0.2, -0.15) is 0 Å². The summed E-state index contributed by atoms with van der Waals surface area (Å²) < 4.78 is 14.9. The molecule has 1 fully saturated rings. The highest BCUT2D eigenvalue weighted by Crippen LogP contribution is 2.30. The summed E-state index contributed by atoms with van der Waals surface area (Å²) in [6.07, 6.45) is 3.68. The molecule has 0 aromatic heterocycles. The molecule has 1 aliphatic rings. The Kier molecular flexibility index (Phi) is 5.37. The predicted molar refractivity (Wildman–Crippen MR) is 80.8 cm³/mol. The van der Waals surface area contributed by atoms with E-state index in [1.807, 2.05) is 19.2 Å². The van der Waals surface area contributed by atoms with Gasteiger partial charge in [-0.3, -0.25) is 4.90 Å². The topological polar surface area (TPSA) is 15.3 Å². The van der Waals surface area contributed by atoms with Crippen molar-refractivity contribution in [3.8, 4) is 0 Å². The van der Waals surface area contributed by atoms with E-state index in [-0.39, 0.29) is 11.9 Å². The smallest absolute Gasteiger partial charge is 0.129 e. The van der Waals surface area contributed by atoms with E-state index >= 15 is 0 Å². The van der Waals surface area contributed by atoms with Crippen molar-refractivity contribution in [2.24, 2.45) is 0 Å². The highest BCUT2D eigenvalue weighted by Gasteiger charge is 2.28. The van der Waals surface area contributed by atoms with Crippen molar-refractivity contribution in [3.63, 3.8) is 0 Å². The SMILES string of the molecule is CNCC1CCCCN1C(C)c1ccc(Br)cc1F. The fraction of sp³-hybridized carbons (Fsp3) is 0.600. The average Bonchev–Trinajstić information content (AvgIpc) is 2.39. The van der Waals surface area contributed by atoms with Crippen LogP contribution in [-0.4, -0.2) is 31.1 Å². The van der Waals surface area contributed by atoms with Crippen LogP contribution < -0.4 is 5.32 Å². The Morgan fingerprint density at radius 3 is 2.95 bits per heavy atom. The van der Waals surface area contributed by atoms with Crippen molar-refractivity contribution in [1.82, 2.24) is 10.2 Å². The fourth-order valence-electron chi connectivity index (χ4n) is 3.01. The minimum absolute atomic E-state index is 0.115. The molecule has 4 heteroatoms. The van der Waals surface area contributed by atoms with Gasteiger partial charge in [0.15, 0.2) is 0 Å². The highest BCUT2D eigenvalue weighted by molar-refractivity contribution is 9.10. The fourth-order valence-corrected chi connectivity index (χ4v) is 3.34. The van der Waals surface area contributed by atoms with E-state index in [1.165, 1.54) is 19.3 Å². The van der Waals surface area contributed by atoms with Crippen molar-refractivity contribution in [1.29, 1.82) is 0 Å². The van der Waals surface area contributed by atoms with Crippen LogP contribution >= 0.6 is 15.9 Å². The van der Waals surface area contributed by atoms with Gasteiger partial charge in [0.1, 0.15) is 5.82 Å². The van der Waals surface area contributed by atoms with Crippen LogP contribution in [0.4, 0.5) is 4.39 Å². The predicted octanol–water partition coefficient (Wildman–Crippen LogP) is 3.72. The third-order valence-electron chi connectivity index (χ3n) is 4.02. The Balaban J connectivity index is 2.18. The molecule has 19 heavy (non-hydrogen) atoms. The molecule has 0 spiro atoms. The number of halogens is 2. The standard InChI is InChI=1S/C15H22BrFN2/c1-11(14-7-6-12(16)9-15(14)17)19-8-4-3-5-13(19)10-18-2/h6-7,9,11,13,18H,3-5,8,10H2,1-2H3. The van der Waals surface area contributed by atoms with Crippen LogP contribution in [0.5, 0.6) is 0 Å². The van der Waals surface area contributed by atoms with Gasteiger partial charge in [0, 0.05) is 28.7 Å². The number of piperidine rings is 1. The van der Waals surface area contributed by atoms with Gasteiger partial charge in [0.2, 0.25) is 0 Å². The Bertz CT molecular complexity index is 423. The third-order valence-corrected chi connectivity index (χ3v) is 4.52. The van der Waals surface area contributed by atoms with Gasteiger partial charge < -0.3 is 5.32 Å². The summed E-state index contributed by atoms with van der Waals surface area (Å²) in [6, 6.07) is 6.02. The Morgan fingerprint density at radius 2 is 2.26 bits per heavy atom. The van der Waals surface area contributed by atoms with Crippen molar-refractivity contribution < 1.29 is 4.39 Å². The lowest BCUT2D eigenvalue weighted by Gasteiger charge is -2.40. The van der Waals surface area contributed by atoms with Gasteiger partial charge in [-0.25, -0.2) is 4.39 Å². The van der Waals surface area contributed by atoms with Crippen molar-refractivity contribution >= 4 is 15.9 Å². The van der Waals surface area contributed by atoms with Crippen molar-refractivity contribution in [2.45, 2.75) is 38.3 Å². The highest BCUT2D eigenvalue weighted by atomic mass is 79.9. The molecular formula is C15H22BrFN2. The zero-order chi connectivity index (χ0) is 13.8. The largest absolute Gasteiger partial charge is 0.318 e. The molecule has 0 amide bonds. The summed E-state index contributed by atoms with van der Waals surface area (Å²) in [5.41, 5.74) is 0.797. The van der Waals surface area contributed by atoms with Crippen LogP contribution in [0.2, 0.25) is 0 Å². The molecule has 0 bridgehead atoms. The number of hydrogen-bond donors (Lipinski definition) is 1. The second-order valence-corrected chi connectivity index (χ2v) is 6.20. The second kappa shape index (κ2) is 6.82. The summed E-state index contributed by atoms with van der Waals surface area (Å²) in [5, 5.41) is 3.25. The average molecular weight is 329 g/mol. The van der Waals surface area contributed by atoms with Crippen LogP contribution in [0.25, 0.3) is 0 Å². The van der Waals surface area contributed by atoms with E-state index in [0.29, 0.717) is 6.04 Å². The van der Waals surface area contributed by atoms with Gasteiger partial charge in [-0.05, 0) is 45.5 Å². The van der Waals surface area contributed by atoms with E-state index in [4.69, 9.17) is 0 Å². The minimum atomic E-state index is -0.115. The Labute approximate surface area is 123 Å². The molecule has 2 atom stereocenters. The van der Waals surface area contributed by atoms with Crippen LogP contribution in [0.3, 0.4) is 0 Å². The molecule has 1 heterocycles. The number of hydrogen-bond acceptors (Lipinski definition) is 2. The van der Waals surface area contributed by atoms with E-state index < -0.39 is 0 Å². The number of nitrogens with zero attached hydrogens (tertiary/aromatic N) is 1. The lowest BCUT2D eigenvalue weighted by molar-refractivity contribution is 0.101. The molecule has 0 aliphatic carbocycles. The first-order valence-electron chi connectivity index (χ1n) is 6.98. The molecule has 1 saturated heterocycles. The monoisotopic (exact) mass is 328 g/mol. The van der Waals surface area contributed by atoms with E-state index in [0.717, 1.165) is 23.1 Å². The number of benzene rings is 1. The van der Waals surface area contributed by atoms with Crippen molar-refractivity contribution in [3.05, 3.63) is 34.1 Å². The maximum Gasteiger partial charge on any atom is 0.129 e. The van der Waals surface area contributed by atoms with Crippen LogP contribution in [0, 0.1) is 5.82 Å². The van der Waals surface area contributed by atoms with Gasteiger partial charge in [0.05, 0.1) is 0 Å². The summed E-state index contributed by atoms with van der Waals surface area (Å²) in [4.78, 5) is 2.44. The van der Waals surface area contributed by atoms with Gasteiger partial charge in [0.25, 0.3) is 0 Å². The molecule has 2 nitrogen and oxygen atoms in total. The van der Waals surface area contributed by atoms with E-state index in [1.54, 1.807) is 6.07 Å². The Hall–Kier alpha value is -0.450. The Morgan fingerprint density at radius 1 is 1.47 bits per heavy atom. The maximum absolute atomic E-state index is 14.1. The normalized spacial score (nSPS) is 22.4. The van der Waals surface area contributed by atoms with Gasteiger partial charge in [-0.1, -0.05) is 28.4 Å². The molecule has 1 aromatic carbocycles. The zero-order valence-electron chi connectivity index (χ0n) is 11.6. The summed E-state index contributed by atoms with van der Waals surface area (Å²) in [6.45, 7) is 4.14. The molecule has 106 valence electrons. The maximum atomic E-state index is 14.1. The number of rotatable bonds is 4. The van der Waals surface area contributed by atoms with Crippen LogP contribution in [0.15, 0.2) is 22.7 Å². The molecule has 0 saturated carbocycles. The van der Waals surface area contributed by atoms with E-state index in [9.17, 15) is 4.39 Å². The second-order valence-electron chi connectivity index (χ2n) is 5.29. The zero-order valence-corrected chi connectivity index (χ0v) is 13.2. The molecule has 2 rings (SSSR count). The van der Waals surface area contributed by atoms with Crippen molar-refractivity contribution in [2.75, 3.05) is 20.1 Å². The number of likely N-dealkylation sites (N-methyl/N-ethyl adjacent to an activating group) is 1. The lowest BCUT2D eigenvalue weighted by atomic mass is 9.97. The van der Waals surface area contributed by atoms with Gasteiger partial charge in [-0.15, -0.1) is 0 Å². The first-order chi connectivity index (χ1) is 9.13. The van der Waals surface area contributed by atoms with Gasteiger partial charge >= 0.3 is 0 Å². The number of nitrogens with one attached hydrogen (secondary N) is 1. The number of likely N-dealkylation sites (tertiary alicyclic amines) is 1. The first kappa shape index (κ1) is 14.9. The molecule has 2 unspecified atom stereocenters. The summed E-state index contributed by atoms with van der Waals surface area (Å²) in [5.74, 6) is -0.115.